The summed E-state index contributed by atoms with van der Waals surface area (Å²) < 4.78 is -0.551. The van der Waals surface area contributed by atoms with Gasteiger partial charge in [0.05, 0.1) is 0 Å². The van der Waals surface area contributed by atoms with Gasteiger partial charge in [-0.05, 0) is 24.1 Å². The molecule has 1 aliphatic rings. The number of hydrogen-bond donors (Lipinski definition) is 0. The minimum Gasteiger partial charge on any atom is -0.101 e. The lowest BCUT2D eigenvalue weighted by atomic mass is 10.1. The van der Waals surface area contributed by atoms with Crippen molar-refractivity contribution in [1.29, 1.82) is 0 Å². The molecule has 0 radical (unpaired) electrons. The summed E-state index contributed by atoms with van der Waals surface area (Å²) in [4.78, 5) is 0. The molecule has 1 aromatic rings. The zero-order valence-corrected chi connectivity index (χ0v) is 8.50. The van der Waals surface area contributed by atoms with Crippen molar-refractivity contribution in [3.63, 3.8) is 0 Å². The van der Waals surface area contributed by atoms with Gasteiger partial charge in [-0.2, -0.15) is 0 Å². The van der Waals surface area contributed by atoms with Crippen molar-refractivity contribution >= 4 is 34.8 Å². The lowest BCUT2D eigenvalue weighted by Crippen LogP contribution is -1.88. The summed E-state index contributed by atoms with van der Waals surface area (Å²) >= 11 is 17.7. The molecular weight excluding hydrogens is 214 g/mol. The highest BCUT2D eigenvalue weighted by Crippen LogP contribution is 2.59. The van der Waals surface area contributed by atoms with Gasteiger partial charge in [-0.1, -0.05) is 23.7 Å². The predicted octanol–water partition coefficient (Wildman–Crippen LogP) is 4.00. The lowest BCUT2D eigenvalue weighted by molar-refractivity contribution is 1.11. The predicted molar refractivity (Wildman–Crippen MR) is 53.2 cm³/mol. The molecule has 1 aliphatic carbocycles. The largest absolute Gasteiger partial charge is 0.125 e. The van der Waals surface area contributed by atoms with Crippen LogP contribution in [0.25, 0.3) is 0 Å². The molecule has 1 unspecified atom stereocenters. The van der Waals surface area contributed by atoms with Gasteiger partial charge in [0.25, 0.3) is 0 Å². The van der Waals surface area contributed by atoms with Crippen LogP contribution in [0.2, 0.25) is 5.02 Å². The van der Waals surface area contributed by atoms with Gasteiger partial charge >= 0.3 is 0 Å². The molecule has 1 fully saturated rings. The van der Waals surface area contributed by atoms with Crippen molar-refractivity contribution in [2.45, 2.75) is 16.7 Å². The fourth-order valence-corrected chi connectivity index (χ4v) is 2.06. The Bertz CT molecular complexity index is 306. The highest BCUT2D eigenvalue weighted by molar-refractivity contribution is 6.51. The molecule has 0 aliphatic heterocycles. The van der Waals surface area contributed by atoms with Crippen LogP contribution in [-0.4, -0.2) is 4.33 Å². The number of rotatable bonds is 1. The molecule has 0 amide bonds. The van der Waals surface area contributed by atoms with Crippen molar-refractivity contribution in [3.8, 4) is 0 Å². The van der Waals surface area contributed by atoms with E-state index >= 15 is 0 Å². The maximum Gasteiger partial charge on any atom is 0.125 e. The van der Waals surface area contributed by atoms with E-state index < -0.39 is 4.33 Å². The van der Waals surface area contributed by atoms with Crippen LogP contribution in [0.3, 0.4) is 0 Å². The summed E-state index contributed by atoms with van der Waals surface area (Å²) in [5, 5.41) is 0.739. The highest BCUT2D eigenvalue weighted by Gasteiger charge is 2.52. The van der Waals surface area contributed by atoms with Gasteiger partial charge in [0.2, 0.25) is 0 Å². The Morgan fingerprint density at radius 1 is 1.33 bits per heavy atom. The fraction of sp³-hybridized carbons (Fsp3) is 0.333. The molecule has 1 atom stereocenters. The van der Waals surface area contributed by atoms with Crippen LogP contribution >= 0.6 is 34.8 Å². The van der Waals surface area contributed by atoms with E-state index in [0.29, 0.717) is 0 Å². The molecule has 0 spiro atoms. The number of hydrogen-bond acceptors (Lipinski definition) is 0. The highest BCUT2D eigenvalue weighted by atomic mass is 35.5. The normalized spacial score (nSPS) is 25.4. The molecule has 3 heteroatoms. The first-order valence-corrected chi connectivity index (χ1v) is 4.86. The van der Waals surface area contributed by atoms with Gasteiger partial charge in [0.1, 0.15) is 4.33 Å². The second-order valence-corrected chi connectivity index (χ2v) is 5.05. The maximum absolute atomic E-state index is 5.92. The third-order valence-corrected chi connectivity index (χ3v) is 3.15. The molecule has 2 rings (SSSR count). The summed E-state index contributed by atoms with van der Waals surface area (Å²) in [6.45, 7) is 0. The average Bonchev–Trinajstić information content (AvgIpc) is 2.60. The van der Waals surface area contributed by atoms with E-state index in [1.54, 1.807) is 0 Å². The Morgan fingerprint density at radius 3 is 2.50 bits per heavy atom. The van der Waals surface area contributed by atoms with Crippen LogP contribution in [0.15, 0.2) is 24.3 Å². The van der Waals surface area contributed by atoms with Crippen molar-refractivity contribution < 1.29 is 0 Å². The number of halogens is 3. The van der Waals surface area contributed by atoms with Crippen molar-refractivity contribution in [3.05, 3.63) is 34.9 Å². The smallest absolute Gasteiger partial charge is 0.101 e. The summed E-state index contributed by atoms with van der Waals surface area (Å²) in [6, 6.07) is 7.68. The summed E-state index contributed by atoms with van der Waals surface area (Å²) in [6.07, 6.45) is 0.830. The molecule has 0 N–H and O–H groups in total. The van der Waals surface area contributed by atoms with Crippen LogP contribution in [0.5, 0.6) is 0 Å². The van der Waals surface area contributed by atoms with Crippen LogP contribution < -0.4 is 0 Å². The standard InChI is InChI=1S/C9H7Cl3/c10-7-3-1-2-6(4-7)8-5-9(8,11)12/h1-4,8H,5H2. The molecular formula is C9H7Cl3. The zero-order valence-electron chi connectivity index (χ0n) is 6.23. The third-order valence-electron chi connectivity index (χ3n) is 2.08. The summed E-state index contributed by atoms with van der Waals surface area (Å²) in [5.41, 5.74) is 1.13. The Morgan fingerprint density at radius 2 is 2.00 bits per heavy atom. The van der Waals surface area contributed by atoms with Gasteiger partial charge in [0.15, 0.2) is 0 Å². The summed E-state index contributed by atoms with van der Waals surface area (Å²) in [5.74, 6) is 0.263. The third kappa shape index (κ3) is 1.56. The Kier molecular flexibility index (Phi) is 2.02. The molecule has 1 aromatic carbocycles. The first-order valence-electron chi connectivity index (χ1n) is 3.73. The van der Waals surface area contributed by atoms with Crippen molar-refractivity contribution in [2.24, 2.45) is 0 Å². The van der Waals surface area contributed by atoms with E-state index in [0.717, 1.165) is 17.0 Å². The monoisotopic (exact) mass is 220 g/mol. The van der Waals surface area contributed by atoms with E-state index in [2.05, 4.69) is 0 Å². The van der Waals surface area contributed by atoms with Gasteiger partial charge in [-0.25, -0.2) is 0 Å². The Labute approximate surface area is 86.4 Å². The second-order valence-electron chi connectivity index (χ2n) is 3.07. The number of benzene rings is 1. The first kappa shape index (κ1) is 8.68. The fourth-order valence-electron chi connectivity index (χ4n) is 1.30. The van der Waals surface area contributed by atoms with Crippen LogP contribution in [-0.2, 0) is 0 Å². The van der Waals surface area contributed by atoms with Crippen LogP contribution in [0.4, 0.5) is 0 Å². The summed E-state index contributed by atoms with van der Waals surface area (Å²) in [7, 11) is 0. The van der Waals surface area contributed by atoms with E-state index in [9.17, 15) is 0 Å². The van der Waals surface area contributed by atoms with Crippen molar-refractivity contribution in [1.82, 2.24) is 0 Å². The quantitative estimate of drug-likeness (QED) is 0.629. The average molecular weight is 222 g/mol. The van der Waals surface area contributed by atoms with Crippen LogP contribution in [0.1, 0.15) is 17.9 Å². The van der Waals surface area contributed by atoms with Gasteiger partial charge < -0.3 is 0 Å². The molecule has 64 valence electrons. The van der Waals surface area contributed by atoms with Crippen LogP contribution in [0, 0.1) is 0 Å². The zero-order chi connectivity index (χ0) is 8.77. The van der Waals surface area contributed by atoms with E-state index in [1.807, 2.05) is 24.3 Å². The van der Waals surface area contributed by atoms with E-state index in [-0.39, 0.29) is 5.92 Å². The molecule has 0 bridgehead atoms. The minimum atomic E-state index is -0.551. The van der Waals surface area contributed by atoms with Gasteiger partial charge in [-0.15, -0.1) is 23.2 Å². The molecule has 12 heavy (non-hydrogen) atoms. The molecule has 1 saturated carbocycles. The molecule has 0 aromatic heterocycles. The Balaban J connectivity index is 2.26. The SMILES string of the molecule is Clc1cccc(C2CC2(Cl)Cl)c1. The van der Waals surface area contributed by atoms with E-state index in [4.69, 9.17) is 34.8 Å². The molecule has 0 saturated heterocycles. The second kappa shape index (κ2) is 2.80. The lowest BCUT2D eigenvalue weighted by Gasteiger charge is -2.00. The first-order chi connectivity index (χ1) is 5.59. The molecule has 0 heterocycles. The maximum atomic E-state index is 5.92. The van der Waals surface area contributed by atoms with Gasteiger partial charge in [-0.3, -0.25) is 0 Å². The molecule has 0 nitrogen and oxygen atoms in total. The van der Waals surface area contributed by atoms with Gasteiger partial charge in [0, 0.05) is 10.9 Å². The minimum absolute atomic E-state index is 0.263. The topological polar surface area (TPSA) is 0 Å². The van der Waals surface area contributed by atoms with E-state index in [1.165, 1.54) is 0 Å². The van der Waals surface area contributed by atoms with Crippen molar-refractivity contribution in [2.75, 3.05) is 0 Å². The Hall–Kier alpha value is 0.0900. The number of alkyl halides is 2.